The van der Waals surface area contributed by atoms with Crippen LogP contribution < -0.4 is 9.80 Å². The summed E-state index contributed by atoms with van der Waals surface area (Å²) in [6.45, 7) is 4.45. The lowest BCUT2D eigenvalue weighted by molar-refractivity contribution is 0.668. The second kappa shape index (κ2) is 18.0. The summed E-state index contributed by atoms with van der Waals surface area (Å²) in [5.74, 6) is 0. The lowest BCUT2D eigenvalue weighted by Gasteiger charge is -2.30. The van der Waals surface area contributed by atoms with E-state index in [1.54, 1.807) is 0 Å². The van der Waals surface area contributed by atoms with Gasteiger partial charge in [-0.2, -0.15) is 0 Å². The smallest absolute Gasteiger partial charge is 0.135 e. The van der Waals surface area contributed by atoms with Crippen LogP contribution >= 0.6 is 0 Å². The summed E-state index contributed by atoms with van der Waals surface area (Å²) in [6.07, 6.45) is 0. The molecule has 6 nitrogen and oxygen atoms in total. The first-order valence-corrected chi connectivity index (χ1v) is 27.1. The van der Waals surface area contributed by atoms with Gasteiger partial charge in [0.25, 0.3) is 0 Å². The highest BCUT2D eigenvalue weighted by Gasteiger charge is 2.24. The summed E-state index contributed by atoms with van der Waals surface area (Å²) in [5, 5.41) is 8.70. The van der Waals surface area contributed by atoms with E-state index < -0.39 is 0 Å². The first kappa shape index (κ1) is 45.6. The molecule has 6 heteroatoms. The normalized spacial score (nSPS) is 11.9. The fourth-order valence-electron chi connectivity index (χ4n) is 12.3. The summed E-state index contributed by atoms with van der Waals surface area (Å²) in [6, 6.07) is 90.5. The van der Waals surface area contributed by atoms with E-state index in [1.807, 2.05) is 48.5 Å². The maximum absolute atomic E-state index is 6.37. The Morgan fingerprint density at radius 1 is 0.225 bits per heavy atom. The summed E-state index contributed by atoms with van der Waals surface area (Å²) >= 11 is 0. The zero-order valence-electron chi connectivity index (χ0n) is 43.8. The standard InChI is InChI=1S/C74H48N2O4/c1-45-39-47(27-33-63(45)75(51-31-37-73-61(43-51)57-19-7-13-25-69(57)79-73)65-21-9-3-15-53(65)49-29-35-71-59(41-49)55-17-5-11-23-67(55)77-71)48-28-34-64(46(2)40-48)76(52-32-38-74-62(44-52)58-20-8-14-26-70(58)80-74)66-22-10-4-16-54(66)50-30-36-72-60(42-50)56-18-6-12-24-68(56)78-72/h3-44H,1-2H3. The number of aryl methyl sites for hydroxylation is 2. The van der Waals surface area contributed by atoms with E-state index in [2.05, 4.69) is 230 Å². The summed E-state index contributed by atoms with van der Waals surface area (Å²) in [4.78, 5) is 4.81. The molecule has 0 saturated carbocycles. The largest absolute Gasteiger partial charge is 0.456 e. The van der Waals surface area contributed by atoms with Crippen molar-refractivity contribution >= 4 is 122 Å². The molecule has 4 aromatic heterocycles. The molecule has 12 aromatic carbocycles. The number of hydrogen-bond acceptors (Lipinski definition) is 6. The first-order valence-electron chi connectivity index (χ1n) is 27.1. The van der Waals surface area contributed by atoms with Crippen molar-refractivity contribution in [3.63, 3.8) is 0 Å². The van der Waals surface area contributed by atoms with Crippen LogP contribution in [0.2, 0.25) is 0 Å². The number of fused-ring (bicyclic) bond motifs is 12. The monoisotopic (exact) mass is 1030 g/mol. The second-order valence-electron chi connectivity index (χ2n) is 20.9. The van der Waals surface area contributed by atoms with Crippen LogP contribution in [0.4, 0.5) is 34.1 Å². The maximum Gasteiger partial charge on any atom is 0.135 e. The number of furan rings is 4. The Hall–Kier alpha value is -10.6. The van der Waals surface area contributed by atoms with Gasteiger partial charge >= 0.3 is 0 Å². The van der Waals surface area contributed by atoms with Gasteiger partial charge in [-0.3, -0.25) is 0 Å². The predicted octanol–water partition coefficient (Wildman–Crippen LogP) is 21.8. The van der Waals surface area contributed by atoms with Crippen LogP contribution in [-0.4, -0.2) is 0 Å². The van der Waals surface area contributed by atoms with Gasteiger partial charge in [0.15, 0.2) is 0 Å². The van der Waals surface area contributed by atoms with Crippen molar-refractivity contribution in [2.45, 2.75) is 13.8 Å². The molecular weight excluding hydrogens is 981 g/mol. The Morgan fingerprint density at radius 3 is 0.900 bits per heavy atom. The van der Waals surface area contributed by atoms with Crippen LogP contribution in [0, 0.1) is 13.8 Å². The Kier molecular flexibility index (Phi) is 10.3. The molecular formula is C74H48N2O4. The highest BCUT2D eigenvalue weighted by molar-refractivity contribution is 6.11. The van der Waals surface area contributed by atoms with Crippen molar-refractivity contribution < 1.29 is 17.7 Å². The summed E-state index contributed by atoms with van der Waals surface area (Å²) in [7, 11) is 0. The number of para-hydroxylation sites is 6. The van der Waals surface area contributed by atoms with E-state index in [0.29, 0.717) is 0 Å². The Bertz CT molecular complexity index is 4820. The Morgan fingerprint density at radius 2 is 0.525 bits per heavy atom. The number of hydrogen-bond donors (Lipinski definition) is 0. The quantitative estimate of drug-likeness (QED) is 0.144. The van der Waals surface area contributed by atoms with E-state index in [0.717, 1.165) is 166 Å². The van der Waals surface area contributed by atoms with Crippen molar-refractivity contribution in [1.82, 2.24) is 0 Å². The van der Waals surface area contributed by atoms with E-state index in [9.17, 15) is 0 Å². The molecule has 0 unspecified atom stereocenters. The van der Waals surface area contributed by atoms with Gasteiger partial charge in [-0.25, -0.2) is 0 Å². The minimum absolute atomic E-state index is 0.855. The van der Waals surface area contributed by atoms with Crippen molar-refractivity contribution in [3.8, 4) is 33.4 Å². The zero-order chi connectivity index (χ0) is 53.0. The number of nitrogens with zero attached hydrogens (tertiary/aromatic N) is 2. The van der Waals surface area contributed by atoms with Gasteiger partial charge in [0.1, 0.15) is 44.7 Å². The maximum atomic E-state index is 6.37. The molecule has 0 fully saturated rings. The summed E-state index contributed by atoms with van der Waals surface area (Å²) in [5.41, 5.74) is 22.2. The van der Waals surface area contributed by atoms with E-state index in [4.69, 9.17) is 17.7 Å². The fraction of sp³-hybridized carbons (Fsp3) is 0.0270. The lowest BCUT2D eigenvalue weighted by atomic mass is 9.96. The predicted molar refractivity (Wildman–Crippen MR) is 331 cm³/mol. The molecule has 16 rings (SSSR count). The molecule has 0 spiro atoms. The molecule has 16 aromatic rings. The van der Waals surface area contributed by atoms with Crippen LogP contribution in [0.15, 0.2) is 272 Å². The number of anilines is 6. The minimum Gasteiger partial charge on any atom is -0.456 e. The van der Waals surface area contributed by atoms with Crippen LogP contribution in [-0.2, 0) is 0 Å². The highest BCUT2D eigenvalue weighted by Crippen LogP contribution is 2.48. The van der Waals surface area contributed by atoms with Gasteiger partial charge in [-0.05, 0) is 169 Å². The van der Waals surface area contributed by atoms with E-state index in [1.165, 1.54) is 0 Å². The lowest BCUT2D eigenvalue weighted by Crippen LogP contribution is -2.13. The molecule has 0 saturated heterocycles. The molecule has 0 aliphatic carbocycles. The highest BCUT2D eigenvalue weighted by atomic mass is 16.3. The third kappa shape index (κ3) is 7.34. The molecule has 0 aliphatic heterocycles. The molecule has 378 valence electrons. The molecule has 0 atom stereocenters. The molecule has 80 heavy (non-hydrogen) atoms. The van der Waals surface area contributed by atoms with Gasteiger partial charge in [0, 0.05) is 77.0 Å². The third-order valence-corrected chi connectivity index (χ3v) is 16.1. The van der Waals surface area contributed by atoms with Crippen molar-refractivity contribution in [2.24, 2.45) is 0 Å². The van der Waals surface area contributed by atoms with Crippen molar-refractivity contribution in [2.75, 3.05) is 9.80 Å². The van der Waals surface area contributed by atoms with Gasteiger partial charge < -0.3 is 27.5 Å². The van der Waals surface area contributed by atoms with Crippen LogP contribution in [0.3, 0.4) is 0 Å². The fourth-order valence-corrected chi connectivity index (χ4v) is 12.3. The summed E-state index contributed by atoms with van der Waals surface area (Å²) < 4.78 is 25.3. The molecule has 4 heterocycles. The van der Waals surface area contributed by atoms with E-state index >= 15 is 0 Å². The second-order valence-corrected chi connectivity index (χ2v) is 20.9. The molecule has 0 radical (unpaired) electrons. The average Bonchev–Trinajstić information content (AvgIpc) is 4.32. The molecule has 0 amide bonds. The van der Waals surface area contributed by atoms with Crippen LogP contribution in [0.1, 0.15) is 11.1 Å². The van der Waals surface area contributed by atoms with Gasteiger partial charge in [0.2, 0.25) is 0 Å². The molecule has 0 N–H and O–H groups in total. The zero-order valence-corrected chi connectivity index (χ0v) is 43.8. The molecule has 0 bridgehead atoms. The van der Waals surface area contributed by atoms with Crippen molar-refractivity contribution in [1.29, 1.82) is 0 Å². The third-order valence-electron chi connectivity index (χ3n) is 16.1. The Balaban J connectivity index is 0.827. The number of rotatable bonds is 9. The topological polar surface area (TPSA) is 59.0 Å². The van der Waals surface area contributed by atoms with Gasteiger partial charge in [0.05, 0.1) is 11.4 Å². The van der Waals surface area contributed by atoms with Crippen LogP contribution in [0.25, 0.3) is 121 Å². The SMILES string of the molecule is Cc1cc(-c2ccc(N(c3ccc4oc5ccccc5c4c3)c3ccccc3-c3ccc4oc5ccccc5c4c3)c(C)c2)ccc1N(c1ccc2oc3ccccc3c2c1)c1ccccc1-c1ccc2oc3ccccc3c2c1. The van der Waals surface area contributed by atoms with Gasteiger partial charge in [-0.1, -0.05) is 133 Å². The van der Waals surface area contributed by atoms with E-state index in [-0.39, 0.29) is 0 Å². The average molecular weight is 1030 g/mol. The number of benzene rings is 12. The van der Waals surface area contributed by atoms with Crippen molar-refractivity contribution in [3.05, 3.63) is 266 Å². The molecule has 0 aliphatic rings. The van der Waals surface area contributed by atoms with Crippen LogP contribution in [0.5, 0.6) is 0 Å². The minimum atomic E-state index is 0.855. The first-order chi connectivity index (χ1) is 39.5. The van der Waals surface area contributed by atoms with Gasteiger partial charge in [-0.15, -0.1) is 0 Å². The Labute approximate surface area is 460 Å².